The largest absolute Gasteiger partial charge is 0.448 e. The van der Waals surface area contributed by atoms with Gasteiger partial charge in [0.05, 0.1) is 24.5 Å². The van der Waals surface area contributed by atoms with Gasteiger partial charge in [-0.2, -0.15) is 0 Å². The maximum atomic E-state index is 5.86. The topological polar surface area (TPSA) is 82.8 Å². The highest BCUT2D eigenvalue weighted by molar-refractivity contribution is 5.06. The first-order valence-corrected chi connectivity index (χ1v) is 5.25. The van der Waals surface area contributed by atoms with Crippen LogP contribution in [0, 0.1) is 6.92 Å². The van der Waals surface area contributed by atoms with Crippen molar-refractivity contribution in [1.29, 1.82) is 0 Å². The Morgan fingerprint density at radius 2 is 2.38 bits per heavy atom. The van der Waals surface area contributed by atoms with Gasteiger partial charge < -0.3 is 10.2 Å². The fourth-order valence-electron chi connectivity index (χ4n) is 1.40. The van der Waals surface area contributed by atoms with E-state index in [1.807, 2.05) is 20.0 Å². The summed E-state index contributed by atoms with van der Waals surface area (Å²) in [5.41, 5.74) is 7.53. The van der Waals surface area contributed by atoms with E-state index in [2.05, 4.69) is 15.3 Å². The summed E-state index contributed by atoms with van der Waals surface area (Å²) in [4.78, 5) is 4.10. The molecule has 2 N–H and O–H groups in total. The molecule has 2 aromatic heterocycles. The molecule has 2 rings (SSSR count). The van der Waals surface area contributed by atoms with Crippen LogP contribution in [0.15, 0.2) is 17.0 Å². The van der Waals surface area contributed by atoms with E-state index < -0.39 is 0 Å². The van der Waals surface area contributed by atoms with Crippen LogP contribution in [0.4, 0.5) is 0 Å². The predicted octanol–water partition coefficient (Wildman–Crippen LogP) is 1.03. The second-order valence-electron chi connectivity index (χ2n) is 3.71. The maximum Gasteiger partial charge on any atom is 0.181 e. The minimum atomic E-state index is -0.0489. The van der Waals surface area contributed by atoms with Gasteiger partial charge in [-0.25, -0.2) is 9.67 Å². The summed E-state index contributed by atoms with van der Waals surface area (Å²) in [6.07, 6.45) is 4.13. The summed E-state index contributed by atoms with van der Waals surface area (Å²) in [5, 5.41) is 8.03. The van der Waals surface area contributed by atoms with Gasteiger partial charge in [0, 0.05) is 0 Å². The summed E-state index contributed by atoms with van der Waals surface area (Å²) in [5.74, 6) is 0.803. The first-order valence-electron chi connectivity index (χ1n) is 5.25. The van der Waals surface area contributed by atoms with E-state index in [-0.39, 0.29) is 6.04 Å². The van der Waals surface area contributed by atoms with Gasteiger partial charge in [0.2, 0.25) is 0 Å². The normalized spacial score (nSPS) is 12.9. The second-order valence-corrected chi connectivity index (χ2v) is 3.71. The number of nitrogens with zero attached hydrogens (tertiary/aromatic N) is 4. The van der Waals surface area contributed by atoms with E-state index >= 15 is 0 Å². The molecule has 1 unspecified atom stereocenters. The van der Waals surface area contributed by atoms with Gasteiger partial charge in [-0.3, -0.25) is 0 Å². The van der Waals surface area contributed by atoms with Gasteiger partial charge in [0.15, 0.2) is 6.39 Å². The molecule has 0 bridgehead atoms. The molecule has 6 nitrogen and oxygen atoms in total. The molecule has 0 fully saturated rings. The van der Waals surface area contributed by atoms with Gasteiger partial charge in [0.1, 0.15) is 11.5 Å². The van der Waals surface area contributed by atoms with Crippen molar-refractivity contribution in [2.45, 2.75) is 32.9 Å². The molecule has 0 amide bonds. The van der Waals surface area contributed by atoms with E-state index in [4.69, 9.17) is 10.2 Å². The fourth-order valence-corrected chi connectivity index (χ4v) is 1.40. The first-order chi connectivity index (χ1) is 7.70. The Balaban J connectivity index is 2.11. The van der Waals surface area contributed by atoms with Crippen molar-refractivity contribution in [1.82, 2.24) is 20.0 Å². The Bertz CT molecular complexity index is 461. The molecule has 86 valence electrons. The van der Waals surface area contributed by atoms with E-state index in [1.54, 1.807) is 4.68 Å². The minimum absolute atomic E-state index is 0.0489. The van der Waals surface area contributed by atoms with E-state index in [9.17, 15) is 0 Å². The highest BCUT2D eigenvalue weighted by Gasteiger charge is 2.10. The molecular formula is C10H15N5O. The fraction of sp³-hybridized carbons (Fsp3) is 0.500. The zero-order chi connectivity index (χ0) is 11.5. The van der Waals surface area contributed by atoms with Crippen LogP contribution in [-0.4, -0.2) is 20.0 Å². The SMILES string of the molecule is CCC(N)c1cn(Cc2ncoc2C)nn1. The van der Waals surface area contributed by atoms with Crippen LogP contribution in [-0.2, 0) is 6.54 Å². The monoisotopic (exact) mass is 221 g/mol. The number of nitrogens with two attached hydrogens (primary N) is 1. The molecule has 0 aliphatic rings. The third kappa shape index (κ3) is 2.11. The van der Waals surface area contributed by atoms with Crippen LogP contribution in [0.3, 0.4) is 0 Å². The zero-order valence-corrected chi connectivity index (χ0v) is 9.42. The summed E-state index contributed by atoms with van der Waals surface area (Å²) in [6.45, 7) is 4.45. The number of hydrogen-bond acceptors (Lipinski definition) is 5. The molecule has 1 atom stereocenters. The van der Waals surface area contributed by atoms with Gasteiger partial charge in [0.25, 0.3) is 0 Å². The Hall–Kier alpha value is -1.69. The maximum absolute atomic E-state index is 5.86. The number of hydrogen-bond donors (Lipinski definition) is 1. The van der Waals surface area contributed by atoms with Crippen molar-refractivity contribution in [2.75, 3.05) is 0 Å². The second kappa shape index (κ2) is 4.44. The molecular weight excluding hydrogens is 206 g/mol. The van der Waals surface area contributed by atoms with E-state index in [0.29, 0.717) is 6.54 Å². The first kappa shape index (κ1) is 10.8. The van der Waals surface area contributed by atoms with Gasteiger partial charge >= 0.3 is 0 Å². The van der Waals surface area contributed by atoms with Crippen molar-refractivity contribution in [2.24, 2.45) is 5.73 Å². The van der Waals surface area contributed by atoms with Gasteiger partial charge in [-0.15, -0.1) is 5.10 Å². The highest BCUT2D eigenvalue weighted by Crippen LogP contribution is 2.11. The van der Waals surface area contributed by atoms with Crippen LogP contribution in [0.5, 0.6) is 0 Å². The third-order valence-corrected chi connectivity index (χ3v) is 2.53. The van der Waals surface area contributed by atoms with Gasteiger partial charge in [-0.1, -0.05) is 12.1 Å². The predicted molar refractivity (Wildman–Crippen MR) is 57.6 cm³/mol. The summed E-state index contributed by atoms with van der Waals surface area (Å²) < 4.78 is 6.83. The lowest BCUT2D eigenvalue weighted by Crippen LogP contribution is -2.08. The molecule has 0 radical (unpaired) electrons. The number of aryl methyl sites for hydroxylation is 1. The van der Waals surface area contributed by atoms with Crippen LogP contribution in [0.2, 0.25) is 0 Å². The van der Waals surface area contributed by atoms with Crippen molar-refractivity contribution in [3.05, 3.63) is 29.7 Å². The van der Waals surface area contributed by atoms with E-state index in [1.165, 1.54) is 6.39 Å². The molecule has 2 heterocycles. The van der Waals surface area contributed by atoms with Crippen molar-refractivity contribution < 1.29 is 4.42 Å². The highest BCUT2D eigenvalue weighted by atomic mass is 16.3. The lowest BCUT2D eigenvalue weighted by atomic mass is 10.2. The molecule has 0 spiro atoms. The molecule has 0 aliphatic heterocycles. The molecule has 0 aliphatic carbocycles. The average molecular weight is 221 g/mol. The molecule has 16 heavy (non-hydrogen) atoms. The smallest absolute Gasteiger partial charge is 0.181 e. The Morgan fingerprint density at radius 1 is 1.56 bits per heavy atom. The van der Waals surface area contributed by atoms with Crippen LogP contribution in [0.1, 0.15) is 36.5 Å². The number of aromatic nitrogens is 4. The van der Waals surface area contributed by atoms with Crippen LogP contribution < -0.4 is 5.73 Å². The summed E-state index contributed by atoms with van der Waals surface area (Å²) in [6, 6.07) is -0.0489. The average Bonchev–Trinajstić information content (AvgIpc) is 2.89. The van der Waals surface area contributed by atoms with Crippen LogP contribution in [0.25, 0.3) is 0 Å². The van der Waals surface area contributed by atoms with Crippen molar-refractivity contribution in [3.63, 3.8) is 0 Å². The molecule has 0 saturated carbocycles. The Labute approximate surface area is 93.5 Å². The van der Waals surface area contributed by atoms with E-state index in [0.717, 1.165) is 23.6 Å². The van der Waals surface area contributed by atoms with Gasteiger partial charge in [-0.05, 0) is 13.3 Å². The number of rotatable bonds is 4. The minimum Gasteiger partial charge on any atom is -0.448 e. The van der Waals surface area contributed by atoms with Crippen molar-refractivity contribution in [3.8, 4) is 0 Å². The molecule has 2 aromatic rings. The molecule has 0 aromatic carbocycles. The molecule has 0 saturated heterocycles. The number of oxazole rings is 1. The standard InChI is InChI=1S/C10H15N5O/c1-3-8(11)10-5-15(14-13-10)4-9-7(2)16-6-12-9/h5-6,8H,3-4,11H2,1-2H3. The zero-order valence-electron chi connectivity index (χ0n) is 9.42. The lowest BCUT2D eigenvalue weighted by Gasteiger charge is -2.01. The molecule has 6 heteroatoms. The van der Waals surface area contributed by atoms with Crippen LogP contribution >= 0.6 is 0 Å². The Kier molecular flexibility index (Phi) is 3.00. The Morgan fingerprint density at radius 3 is 3.00 bits per heavy atom. The summed E-state index contributed by atoms with van der Waals surface area (Å²) in [7, 11) is 0. The third-order valence-electron chi connectivity index (χ3n) is 2.53. The quantitative estimate of drug-likeness (QED) is 0.833. The van der Waals surface area contributed by atoms with Crippen molar-refractivity contribution >= 4 is 0 Å². The lowest BCUT2D eigenvalue weighted by molar-refractivity contribution is 0.521. The summed E-state index contributed by atoms with van der Waals surface area (Å²) >= 11 is 0.